The third kappa shape index (κ3) is 1.81. The number of carbonyl (C=O) groups is 1. The van der Waals surface area contributed by atoms with Crippen LogP contribution in [-0.4, -0.2) is 13.1 Å². The van der Waals surface area contributed by atoms with Crippen LogP contribution in [0.4, 0.5) is 4.39 Å². The predicted octanol–water partition coefficient (Wildman–Crippen LogP) is 0.808. The molecule has 14 heavy (non-hydrogen) atoms. The van der Waals surface area contributed by atoms with E-state index in [-0.39, 0.29) is 5.56 Å². The lowest BCUT2D eigenvalue weighted by molar-refractivity contribution is -0.615. The number of rotatable bonds is 2. The van der Waals surface area contributed by atoms with Crippen molar-refractivity contribution in [3.8, 4) is 0 Å². The maximum atomic E-state index is 13.1. The first-order valence-corrected chi connectivity index (χ1v) is 4.10. The zero-order chi connectivity index (χ0) is 10.7. The van der Waals surface area contributed by atoms with Crippen LogP contribution in [0.2, 0.25) is 0 Å². The van der Waals surface area contributed by atoms with E-state index in [1.807, 2.05) is 0 Å². The Hall–Kier alpha value is -1.65. The molecule has 0 fully saturated rings. The molecule has 5 heteroatoms. The van der Waals surface area contributed by atoms with Gasteiger partial charge in [0.2, 0.25) is 12.0 Å². The van der Waals surface area contributed by atoms with Crippen molar-refractivity contribution in [2.75, 3.05) is 7.11 Å². The molecule has 0 saturated carbocycles. The Morgan fingerprint density at radius 3 is 2.86 bits per heavy atom. The first kappa shape index (κ1) is 10.4. The molecule has 0 aliphatic heterocycles. The summed E-state index contributed by atoms with van der Waals surface area (Å²) in [5.41, 5.74) is 0.114. The van der Waals surface area contributed by atoms with Crippen LogP contribution in [0, 0.1) is 11.0 Å². The van der Waals surface area contributed by atoms with E-state index in [0.717, 1.165) is 13.3 Å². The smallest absolute Gasteiger partial charge is 0.341 e. The van der Waals surface area contributed by atoms with E-state index >= 15 is 0 Å². The Morgan fingerprint density at radius 2 is 2.36 bits per heavy atom. The number of ether oxygens (including phenoxy) is 1. The highest BCUT2D eigenvalue weighted by atomic mass is 19.1. The van der Waals surface area contributed by atoms with Gasteiger partial charge in [-0.25, -0.2) is 4.79 Å². The molecule has 0 N–H and O–H groups in total. The van der Waals surface area contributed by atoms with Gasteiger partial charge in [0, 0.05) is 12.5 Å². The molecule has 0 amide bonds. The van der Waals surface area contributed by atoms with Crippen LogP contribution in [0.1, 0.15) is 23.0 Å². The van der Waals surface area contributed by atoms with Crippen molar-refractivity contribution in [2.45, 2.75) is 13.3 Å². The summed E-state index contributed by atoms with van der Waals surface area (Å²) < 4.78 is 17.9. The first-order valence-electron chi connectivity index (χ1n) is 4.10. The molecule has 1 rings (SSSR count). The quantitative estimate of drug-likeness (QED) is 0.402. The predicted molar refractivity (Wildman–Crippen MR) is 46.1 cm³/mol. The summed E-state index contributed by atoms with van der Waals surface area (Å²) in [6.07, 6.45) is 1.15. The normalized spacial score (nSPS) is 9.93. The van der Waals surface area contributed by atoms with Crippen molar-refractivity contribution in [3.63, 3.8) is 0 Å². The summed E-state index contributed by atoms with van der Waals surface area (Å²) >= 11 is 0. The van der Waals surface area contributed by atoms with Crippen LogP contribution in [-0.2, 0) is 11.2 Å². The highest BCUT2D eigenvalue weighted by molar-refractivity contribution is 5.89. The summed E-state index contributed by atoms with van der Waals surface area (Å²) in [5, 5.41) is 11.1. The number of aromatic nitrogens is 1. The van der Waals surface area contributed by atoms with Gasteiger partial charge in [-0.05, 0) is 0 Å². The lowest BCUT2D eigenvalue weighted by Crippen LogP contribution is -2.32. The van der Waals surface area contributed by atoms with Gasteiger partial charge >= 0.3 is 5.97 Å². The summed E-state index contributed by atoms with van der Waals surface area (Å²) in [6, 6.07) is 1.20. The van der Waals surface area contributed by atoms with Gasteiger partial charge in [-0.2, -0.15) is 9.12 Å². The molecule has 0 saturated heterocycles. The minimum atomic E-state index is -0.871. The second kappa shape index (κ2) is 4.04. The molecule has 1 aromatic rings. The van der Waals surface area contributed by atoms with Crippen LogP contribution < -0.4 is 4.73 Å². The molecular formula is C9H10FNO3. The molecule has 0 aliphatic carbocycles. The van der Waals surface area contributed by atoms with Crippen molar-refractivity contribution >= 4 is 5.97 Å². The van der Waals surface area contributed by atoms with Gasteiger partial charge in [0.15, 0.2) is 5.69 Å². The monoisotopic (exact) mass is 199 g/mol. The third-order valence-corrected chi connectivity index (χ3v) is 1.85. The number of methoxy groups -OCH3 is 1. The van der Waals surface area contributed by atoms with Gasteiger partial charge < -0.3 is 9.94 Å². The minimum Gasteiger partial charge on any atom is -0.618 e. The largest absolute Gasteiger partial charge is 0.618 e. The zero-order valence-electron chi connectivity index (χ0n) is 7.91. The zero-order valence-corrected chi connectivity index (χ0v) is 7.91. The standard InChI is InChI=1S/C9H10FNO3/c1-3-6-4-7(9(12)14-2)8(10)5-11(6)13/h4-5H,3H2,1-2H3. The first-order chi connectivity index (χ1) is 6.60. The van der Waals surface area contributed by atoms with Crippen molar-refractivity contribution < 1.29 is 18.7 Å². The van der Waals surface area contributed by atoms with Gasteiger partial charge in [0.1, 0.15) is 5.56 Å². The molecule has 76 valence electrons. The fourth-order valence-electron chi connectivity index (χ4n) is 1.08. The molecule has 0 bridgehead atoms. The lowest BCUT2D eigenvalue weighted by atomic mass is 10.2. The fourth-order valence-corrected chi connectivity index (χ4v) is 1.08. The van der Waals surface area contributed by atoms with Crippen LogP contribution in [0.25, 0.3) is 0 Å². The number of hydrogen-bond donors (Lipinski definition) is 0. The third-order valence-electron chi connectivity index (χ3n) is 1.85. The van der Waals surface area contributed by atoms with Gasteiger partial charge in [-0.15, -0.1) is 0 Å². The number of carbonyl (C=O) groups excluding carboxylic acids is 1. The van der Waals surface area contributed by atoms with Crippen molar-refractivity contribution in [3.05, 3.63) is 34.5 Å². The number of halogens is 1. The summed E-state index contributed by atoms with van der Waals surface area (Å²) in [7, 11) is 1.16. The number of hydrogen-bond acceptors (Lipinski definition) is 3. The Kier molecular flexibility index (Phi) is 3.01. The van der Waals surface area contributed by atoms with Crippen LogP contribution in [0.15, 0.2) is 12.3 Å². The van der Waals surface area contributed by atoms with E-state index in [9.17, 15) is 14.4 Å². The van der Waals surface area contributed by atoms with Crippen molar-refractivity contribution in [2.24, 2.45) is 0 Å². The lowest BCUT2D eigenvalue weighted by Gasteiger charge is -2.05. The number of aryl methyl sites for hydroxylation is 1. The van der Waals surface area contributed by atoms with E-state index in [0.29, 0.717) is 16.8 Å². The van der Waals surface area contributed by atoms with Crippen LogP contribution in [0.5, 0.6) is 0 Å². The van der Waals surface area contributed by atoms with E-state index < -0.39 is 11.8 Å². The summed E-state index contributed by atoms with van der Waals surface area (Å²) in [6.45, 7) is 1.74. The molecule has 1 heterocycles. The Labute approximate surface area is 80.5 Å². The molecule has 0 unspecified atom stereocenters. The molecule has 0 radical (unpaired) electrons. The Morgan fingerprint density at radius 1 is 1.71 bits per heavy atom. The second-order valence-electron chi connectivity index (χ2n) is 2.70. The number of esters is 1. The highest BCUT2D eigenvalue weighted by Gasteiger charge is 2.18. The minimum absolute atomic E-state index is 0.212. The fraction of sp³-hybridized carbons (Fsp3) is 0.333. The average Bonchev–Trinajstić information content (AvgIpc) is 2.17. The molecule has 0 aromatic carbocycles. The van der Waals surface area contributed by atoms with E-state index in [2.05, 4.69) is 4.74 Å². The van der Waals surface area contributed by atoms with Crippen molar-refractivity contribution in [1.82, 2.24) is 0 Å². The van der Waals surface area contributed by atoms with E-state index in [1.165, 1.54) is 6.07 Å². The average molecular weight is 199 g/mol. The summed E-state index contributed by atoms with van der Waals surface area (Å²) in [4.78, 5) is 11.0. The number of nitrogens with zero attached hydrogens (tertiary/aromatic N) is 1. The molecule has 4 nitrogen and oxygen atoms in total. The van der Waals surface area contributed by atoms with Crippen LogP contribution >= 0.6 is 0 Å². The molecule has 0 atom stereocenters. The second-order valence-corrected chi connectivity index (χ2v) is 2.70. The van der Waals surface area contributed by atoms with E-state index in [1.54, 1.807) is 6.92 Å². The van der Waals surface area contributed by atoms with Gasteiger partial charge in [-0.3, -0.25) is 0 Å². The van der Waals surface area contributed by atoms with E-state index in [4.69, 9.17) is 0 Å². The molecule has 1 aromatic heterocycles. The maximum Gasteiger partial charge on any atom is 0.341 e. The Balaban J connectivity index is 3.24. The number of pyridine rings is 1. The molecule has 0 spiro atoms. The SMILES string of the molecule is CCc1cc(C(=O)OC)c(F)c[n+]1[O-]. The summed E-state index contributed by atoms with van der Waals surface area (Å²) in [5.74, 6) is -1.65. The van der Waals surface area contributed by atoms with Gasteiger partial charge in [-0.1, -0.05) is 6.92 Å². The molecular weight excluding hydrogens is 189 g/mol. The van der Waals surface area contributed by atoms with Crippen LogP contribution in [0.3, 0.4) is 0 Å². The maximum absolute atomic E-state index is 13.1. The van der Waals surface area contributed by atoms with Gasteiger partial charge in [0.05, 0.1) is 7.11 Å². The van der Waals surface area contributed by atoms with Gasteiger partial charge in [0.25, 0.3) is 0 Å². The highest BCUT2D eigenvalue weighted by Crippen LogP contribution is 2.08. The topological polar surface area (TPSA) is 53.2 Å². The Bertz CT molecular complexity index is 365. The van der Waals surface area contributed by atoms with Crippen molar-refractivity contribution in [1.29, 1.82) is 0 Å². The molecule has 0 aliphatic rings.